The lowest BCUT2D eigenvalue weighted by Gasteiger charge is -2.18. The lowest BCUT2D eigenvalue weighted by molar-refractivity contribution is -0.385. The van der Waals surface area contributed by atoms with Crippen molar-refractivity contribution in [1.29, 1.82) is 0 Å². The van der Waals surface area contributed by atoms with E-state index in [0.29, 0.717) is 11.3 Å². The van der Waals surface area contributed by atoms with Gasteiger partial charge in [0.05, 0.1) is 36.8 Å². The van der Waals surface area contributed by atoms with Gasteiger partial charge in [-0.05, 0) is 37.1 Å². The molecule has 2 aromatic carbocycles. The van der Waals surface area contributed by atoms with E-state index in [1.54, 1.807) is 13.0 Å². The van der Waals surface area contributed by atoms with Gasteiger partial charge >= 0.3 is 11.7 Å². The fraction of sp³-hybridized carbons (Fsp3) is 0.217. The first-order chi connectivity index (χ1) is 14.8. The summed E-state index contributed by atoms with van der Waals surface area (Å²) in [5.41, 5.74) is 2.88. The third-order valence-corrected chi connectivity index (χ3v) is 5.07. The number of amides is 1. The Hall–Kier alpha value is -3.94. The quantitative estimate of drug-likeness (QED) is 0.304. The lowest BCUT2D eigenvalue weighted by Crippen LogP contribution is -2.24. The second kappa shape index (κ2) is 8.83. The molecule has 1 amide bonds. The summed E-state index contributed by atoms with van der Waals surface area (Å²) in [6, 6.07) is 12.1. The molecule has 0 saturated heterocycles. The van der Waals surface area contributed by atoms with Crippen molar-refractivity contribution in [3.8, 4) is 5.75 Å². The Labute approximate surface area is 179 Å². The Morgan fingerprint density at radius 1 is 1.13 bits per heavy atom. The molecule has 1 heterocycles. The second-order valence-corrected chi connectivity index (χ2v) is 7.08. The minimum absolute atomic E-state index is 0.103. The van der Waals surface area contributed by atoms with Crippen molar-refractivity contribution in [2.45, 2.75) is 20.4 Å². The second-order valence-electron chi connectivity index (χ2n) is 7.08. The molecule has 31 heavy (non-hydrogen) atoms. The molecule has 0 saturated carbocycles. The van der Waals surface area contributed by atoms with Crippen LogP contribution in [0.25, 0.3) is 6.08 Å². The molecule has 0 radical (unpaired) electrons. The van der Waals surface area contributed by atoms with Crippen molar-refractivity contribution in [3.05, 3.63) is 86.1 Å². The van der Waals surface area contributed by atoms with Crippen molar-refractivity contribution < 1.29 is 24.0 Å². The molecule has 1 aliphatic rings. The Kier molecular flexibility index (Phi) is 6.20. The summed E-state index contributed by atoms with van der Waals surface area (Å²) in [4.78, 5) is 37.9. The molecule has 1 aliphatic heterocycles. The molecule has 0 aromatic heterocycles. The molecular weight excluding hydrogens is 400 g/mol. The van der Waals surface area contributed by atoms with Gasteiger partial charge < -0.3 is 14.4 Å². The van der Waals surface area contributed by atoms with E-state index >= 15 is 0 Å². The summed E-state index contributed by atoms with van der Waals surface area (Å²) < 4.78 is 9.91. The zero-order chi connectivity index (χ0) is 22.7. The van der Waals surface area contributed by atoms with Crippen LogP contribution in [0.4, 0.5) is 5.69 Å². The molecule has 2 aromatic rings. The number of hydrogen-bond acceptors (Lipinski definition) is 6. The van der Waals surface area contributed by atoms with Gasteiger partial charge in [-0.1, -0.05) is 35.9 Å². The molecular formula is C23H22N2O6. The van der Waals surface area contributed by atoms with Crippen LogP contribution in [0.3, 0.4) is 0 Å². The lowest BCUT2D eigenvalue weighted by atomic mass is 10.0. The number of hydrogen-bond donors (Lipinski definition) is 0. The average molecular weight is 422 g/mol. The highest BCUT2D eigenvalue weighted by Gasteiger charge is 2.37. The van der Waals surface area contributed by atoms with E-state index in [0.717, 1.165) is 11.1 Å². The molecule has 8 nitrogen and oxygen atoms in total. The molecule has 0 aliphatic carbocycles. The first-order valence-electron chi connectivity index (χ1n) is 9.48. The van der Waals surface area contributed by atoms with E-state index in [9.17, 15) is 19.7 Å². The number of rotatable bonds is 6. The van der Waals surface area contributed by atoms with E-state index in [-0.39, 0.29) is 35.0 Å². The molecule has 8 heteroatoms. The van der Waals surface area contributed by atoms with Crippen LogP contribution < -0.4 is 4.74 Å². The number of nitro benzene ring substituents is 1. The van der Waals surface area contributed by atoms with Crippen molar-refractivity contribution in [2.75, 3.05) is 14.2 Å². The van der Waals surface area contributed by atoms with Crippen LogP contribution >= 0.6 is 0 Å². The van der Waals surface area contributed by atoms with Gasteiger partial charge in [-0.2, -0.15) is 0 Å². The molecule has 0 N–H and O–H groups in total. The number of esters is 1. The summed E-state index contributed by atoms with van der Waals surface area (Å²) in [6.45, 7) is 3.93. The van der Waals surface area contributed by atoms with E-state index in [1.807, 2.05) is 31.2 Å². The van der Waals surface area contributed by atoms with E-state index in [4.69, 9.17) is 9.47 Å². The minimum Gasteiger partial charge on any atom is -0.490 e. The normalized spacial score (nSPS) is 14.9. The highest BCUT2D eigenvalue weighted by Crippen LogP contribution is 2.34. The van der Waals surface area contributed by atoms with E-state index < -0.39 is 10.9 Å². The zero-order valence-corrected chi connectivity index (χ0v) is 17.7. The number of nitrogens with zero attached hydrogens (tertiary/aromatic N) is 2. The summed E-state index contributed by atoms with van der Waals surface area (Å²) in [5, 5.41) is 11.3. The molecule has 0 atom stereocenters. The van der Waals surface area contributed by atoms with Crippen LogP contribution in [0, 0.1) is 17.0 Å². The predicted octanol–water partition coefficient (Wildman–Crippen LogP) is 3.78. The number of methoxy groups -OCH3 is 2. The SMILES string of the molecule is COC(=O)C1=C(C)N(Cc2ccc(C)cc2)C(=O)/C1=C\c1ccc(OC)c([N+](=O)[O-])c1. The maximum atomic E-state index is 13.2. The Balaban J connectivity index is 2.05. The standard InChI is InChI=1S/C23H22N2O6/c1-14-5-7-16(8-6-14)13-24-15(2)21(23(27)31-4)18(22(24)26)11-17-9-10-20(30-3)19(12-17)25(28)29/h5-12H,13H2,1-4H3/b18-11-. The maximum absolute atomic E-state index is 13.2. The summed E-state index contributed by atoms with van der Waals surface area (Å²) in [6.07, 6.45) is 1.46. The Morgan fingerprint density at radius 2 is 1.81 bits per heavy atom. The smallest absolute Gasteiger partial charge is 0.340 e. The molecule has 0 unspecified atom stereocenters. The number of benzene rings is 2. The van der Waals surface area contributed by atoms with E-state index in [1.165, 1.54) is 37.3 Å². The molecule has 3 rings (SSSR count). The largest absolute Gasteiger partial charge is 0.490 e. The van der Waals surface area contributed by atoms with Gasteiger partial charge in [0.2, 0.25) is 0 Å². The zero-order valence-electron chi connectivity index (χ0n) is 17.7. The number of aryl methyl sites for hydroxylation is 1. The number of carbonyl (C=O) groups is 2. The Bertz CT molecular complexity index is 1120. The van der Waals surface area contributed by atoms with Crippen molar-refractivity contribution in [2.24, 2.45) is 0 Å². The summed E-state index contributed by atoms with van der Waals surface area (Å²) in [7, 11) is 2.58. The van der Waals surface area contributed by atoms with E-state index in [2.05, 4.69) is 0 Å². The fourth-order valence-electron chi connectivity index (χ4n) is 3.40. The van der Waals surface area contributed by atoms with Crippen LogP contribution in [0.2, 0.25) is 0 Å². The van der Waals surface area contributed by atoms with Gasteiger partial charge in [0.25, 0.3) is 5.91 Å². The first kappa shape index (κ1) is 21.8. The maximum Gasteiger partial charge on any atom is 0.340 e. The number of nitro groups is 1. The topological polar surface area (TPSA) is 99.0 Å². The molecule has 0 fully saturated rings. The summed E-state index contributed by atoms with van der Waals surface area (Å²) in [5.74, 6) is -0.922. The fourth-order valence-corrected chi connectivity index (χ4v) is 3.40. The third kappa shape index (κ3) is 4.32. The van der Waals surface area contributed by atoms with Crippen molar-refractivity contribution in [3.63, 3.8) is 0 Å². The summed E-state index contributed by atoms with van der Waals surface area (Å²) >= 11 is 0. The van der Waals surface area contributed by atoms with Crippen molar-refractivity contribution >= 4 is 23.6 Å². The first-order valence-corrected chi connectivity index (χ1v) is 9.48. The van der Waals surface area contributed by atoms with Gasteiger partial charge in [-0.3, -0.25) is 14.9 Å². The number of carbonyl (C=O) groups excluding carboxylic acids is 2. The van der Waals surface area contributed by atoms with Crippen LogP contribution in [-0.2, 0) is 20.9 Å². The van der Waals surface area contributed by atoms with Crippen LogP contribution in [0.5, 0.6) is 5.75 Å². The molecule has 0 spiro atoms. The van der Waals surface area contributed by atoms with Gasteiger partial charge in [-0.25, -0.2) is 4.79 Å². The number of allylic oxidation sites excluding steroid dienone is 1. The Morgan fingerprint density at radius 3 is 2.39 bits per heavy atom. The van der Waals surface area contributed by atoms with Crippen molar-refractivity contribution in [1.82, 2.24) is 4.90 Å². The van der Waals surface area contributed by atoms with Crippen LogP contribution in [0.1, 0.15) is 23.6 Å². The molecule has 160 valence electrons. The third-order valence-electron chi connectivity index (χ3n) is 5.07. The van der Waals surface area contributed by atoms with Gasteiger partial charge in [-0.15, -0.1) is 0 Å². The predicted molar refractivity (Wildman–Crippen MR) is 114 cm³/mol. The minimum atomic E-state index is -0.647. The van der Waals surface area contributed by atoms with Gasteiger partial charge in [0.15, 0.2) is 5.75 Å². The highest BCUT2D eigenvalue weighted by atomic mass is 16.6. The van der Waals surface area contributed by atoms with Gasteiger partial charge in [0, 0.05) is 11.8 Å². The van der Waals surface area contributed by atoms with Crippen LogP contribution in [-0.4, -0.2) is 35.9 Å². The monoisotopic (exact) mass is 422 g/mol. The molecule has 0 bridgehead atoms. The number of ether oxygens (including phenoxy) is 2. The average Bonchev–Trinajstić information content (AvgIpc) is 2.98. The van der Waals surface area contributed by atoms with Gasteiger partial charge in [0.1, 0.15) is 0 Å². The van der Waals surface area contributed by atoms with Crippen LogP contribution in [0.15, 0.2) is 59.3 Å². The highest BCUT2D eigenvalue weighted by molar-refractivity contribution is 6.16.